The highest BCUT2D eigenvalue weighted by atomic mass is 16.2. The van der Waals surface area contributed by atoms with Crippen LogP contribution in [0.5, 0.6) is 0 Å². The summed E-state index contributed by atoms with van der Waals surface area (Å²) in [6.45, 7) is 1.87. The van der Waals surface area contributed by atoms with Crippen LogP contribution < -0.4 is 5.73 Å². The minimum atomic E-state index is -0.388. The van der Waals surface area contributed by atoms with Crippen molar-refractivity contribution in [2.45, 2.75) is 31.7 Å². The molecule has 0 radical (unpaired) electrons. The molecule has 3 rings (SSSR count). The molecule has 19 heavy (non-hydrogen) atoms. The van der Waals surface area contributed by atoms with Gasteiger partial charge in [0.05, 0.1) is 6.04 Å². The Morgan fingerprint density at radius 1 is 1.21 bits per heavy atom. The van der Waals surface area contributed by atoms with Gasteiger partial charge in [0.2, 0.25) is 5.91 Å². The monoisotopic (exact) mass is 258 g/mol. The number of nitrogens with zero attached hydrogens (tertiary/aromatic N) is 1. The quantitative estimate of drug-likeness (QED) is 0.899. The van der Waals surface area contributed by atoms with Gasteiger partial charge < -0.3 is 10.6 Å². The van der Waals surface area contributed by atoms with Crippen LogP contribution in [0.1, 0.15) is 24.8 Å². The summed E-state index contributed by atoms with van der Waals surface area (Å²) >= 11 is 0. The summed E-state index contributed by atoms with van der Waals surface area (Å²) in [6, 6.07) is 9.65. The maximum absolute atomic E-state index is 12.4. The van der Waals surface area contributed by atoms with E-state index in [1.807, 2.05) is 35.2 Å². The number of carbonyl (C=O) groups is 1. The predicted molar refractivity (Wildman–Crippen MR) is 75.5 cm³/mol. The normalized spacial score (nSPS) is 27.3. The lowest BCUT2D eigenvalue weighted by Gasteiger charge is -2.21. The van der Waals surface area contributed by atoms with Crippen molar-refractivity contribution in [2.24, 2.45) is 17.6 Å². The van der Waals surface area contributed by atoms with Crippen molar-refractivity contribution in [3.63, 3.8) is 0 Å². The van der Waals surface area contributed by atoms with Crippen LogP contribution in [-0.4, -0.2) is 29.9 Å². The van der Waals surface area contributed by atoms with E-state index in [1.54, 1.807) is 0 Å². The standard InChI is InChI=1S/C16H22N2O/c17-15(9-12-5-2-1-3-6-12)16(19)18-10-13-7-4-8-14(13)11-18/h1-3,5-6,13-15H,4,7-11,17H2/t13?,14?,15-/m1/s1. The summed E-state index contributed by atoms with van der Waals surface area (Å²) < 4.78 is 0. The fourth-order valence-corrected chi connectivity index (χ4v) is 3.60. The van der Waals surface area contributed by atoms with Gasteiger partial charge in [0, 0.05) is 13.1 Å². The highest BCUT2D eigenvalue weighted by molar-refractivity contribution is 5.82. The van der Waals surface area contributed by atoms with Gasteiger partial charge in [0.25, 0.3) is 0 Å². The van der Waals surface area contributed by atoms with E-state index in [2.05, 4.69) is 0 Å². The molecule has 3 heteroatoms. The highest BCUT2D eigenvalue weighted by Gasteiger charge is 2.38. The Labute approximate surface area is 114 Å². The largest absolute Gasteiger partial charge is 0.341 e. The fourth-order valence-electron chi connectivity index (χ4n) is 3.60. The van der Waals surface area contributed by atoms with Crippen LogP contribution in [-0.2, 0) is 11.2 Å². The zero-order valence-electron chi connectivity index (χ0n) is 11.3. The number of fused-ring (bicyclic) bond motifs is 1. The second-order valence-corrected chi connectivity index (χ2v) is 5.99. The first-order valence-corrected chi connectivity index (χ1v) is 7.32. The molecule has 1 saturated heterocycles. The van der Waals surface area contributed by atoms with Gasteiger partial charge in [-0.15, -0.1) is 0 Å². The molecule has 3 nitrogen and oxygen atoms in total. The first kappa shape index (κ1) is 12.7. The van der Waals surface area contributed by atoms with Crippen molar-refractivity contribution in [1.82, 2.24) is 4.90 Å². The Balaban J connectivity index is 1.58. The van der Waals surface area contributed by atoms with Crippen molar-refractivity contribution in [2.75, 3.05) is 13.1 Å². The molecule has 1 aliphatic heterocycles. The van der Waals surface area contributed by atoms with E-state index in [1.165, 1.54) is 19.3 Å². The second kappa shape index (κ2) is 5.33. The average molecular weight is 258 g/mol. The first-order valence-electron chi connectivity index (χ1n) is 7.32. The third kappa shape index (κ3) is 2.66. The van der Waals surface area contributed by atoms with Gasteiger partial charge in [-0.3, -0.25) is 4.79 Å². The molecular formula is C16H22N2O. The SMILES string of the molecule is N[C@H](Cc1ccccc1)C(=O)N1CC2CCCC2C1. The molecule has 1 aliphatic carbocycles. The van der Waals surface area contributed by atoms with Crippen molar-refractivity contribution in [3.05, 3.63) is 35.9 Å². The molecule has 1 aromatic rings. The summed E-state index contributed by atoms with van der Waals surface area (Å²) in [5.41, 5.74) is 7.23. The third-order valence-electron chi connectivity index (χ3n) is 4.65. The summed E-state index contributed by atoms with van der Waals surface area (Å²) in [7, 11) is 0. The zero-order valence-corrected chi connectivity index (χ0v) is 11.3. The molecule has 2 fully saturated rings. The van der Waals surface area contributed by atoms with Crippen molar-refractivity contribution >= 4 is 5.91 Å². The maximum Gasteiger partial charge on any atom is 0.239 e. The van der Waals surface area contributed by atoms with Crippen LogP contribution in [0, 0.1) is 11.8 Å². The molecule has 102 valence electrons. The van der Waals surface area contributed by atoms with Crippen LogP contribution in [0.3, 0.4) is 0 Å². The zero-order chi connectivity index (χ0) is 13.2. The molecule has 2 aliphatic rings. The first-order chi connectivity index (χ1) is 9.24. The summed E-state index contributed by atoms with van der Waals surface area (Å²) in [5.74, 6) is 1.62. The third-order valence-corrected chi connectivity index (χ3v) is 4.65. The molecule has 1 amide bonds. The van der Waals surface area contributed by atoms with Gasteiger partial charge in [-0.1, -0.05) is 36.8 Å². The molecule has 2 N–H and O–H groups in total. The van der Waals surface area contributed by atoms with Crippen LogP contribution >= 0.6 is 0 Å². The lowest BCUT2D eigenvalue weighted by molar-refractivity contribution is -0.131. The lowest BCUT2D eigenvalue weighted by Crippen LogP contribution is -2.44. The predicted octanol–water partition coefficient (Wildman–Crippen LogP) is 1.81. The number of carbonyl (C=O) groups excluding carboxylic acids is 1. The highest BCUT2D eigenvalue weighted by Crippen LogP contribution is 2.37. The van der Waals surface area contributed by atoms with Gasteiger partial charge in [0.15, 0.2) is 0 Å². The van der Waals surface area contributed by atoms with Crippen molar-refractivity contribution < 1.29 is 4.79 Å². The van der Waals surface area contributed by atoms with Gasteiger partial charge in [-0.25, -0.2) is 0 Å². The second-order valence-electron chi connectivity index (χ2n) is 5.99. The molecule has 2 unspecified atom stereocenters. The molecule has 1 saturated carbocycles. The van der Waals surface area contributed by atoms with Crippen LogP contribution in [0.2, 0.25) is 0 Å². The lowest BCUT2D eigenvalue weighted by atomic mass is 10.0. The van der Waals surface area contributed by atoms with E-state index in [-0.39, 0.29) is 11.9 Å². The number of rotatable bonds is 3. The minimum Gasteiger partial charge on any atom is -0.341 e. The maximum atomic E-state index is 12.4. The average Bonchev–Trinajstić information content (AvgIpc) is 2.99. The van der Waals surface area contributed by atoms with Crippen LogP contribution in [0.25, 0.3) is 0 Å². The van der Waals surface area contributed by atoms with Gasteiger partial charge in [-0.05, 0) is 36.7 Å². The van der Waals surface area contributed by atoms with E-state index >= 15 is 0 Å². The topological polar surface area (TPSA) is 46.3 Å². The Hall–Kier alpha value is -1.35. The molecule has 1 heterocycles. The molecule has 0 bridgehead atoms. The minimum absolute atomic E-state index is 0.137. The van der Waals surface area contributed by atoms with E-state index in [0.717, 1.165) is 30.5 Å². The fraction of sp³-hybridized carbons (Fsp3) is 0.562. The molecule has 1 aromatic carbocycles. The summed E-state index contributed by atoms with van der Waals surface area (Å²) in [4.78, 5) is 14.4. The van der Waals surface area contributed by atoms with E-state index < -0.39 is 0 Å². The van der Waals surface area contributed by atoms with E-state index in [4.69, 9.17) is 5.73 Å². The van der Waals surface area contributed by atoms with Crippen LogP contribution in [0.15, 0.2) is 30.3 Å². The van der Waals surface area contributed by atoms with Crippen molar-refractivity contribution in [1.29, 1.82) is 0 Å². The van der Waals surface area contributed by atoms with Crippen molar-refractivity contribution in [3.8, 4) is 0 Å². The Morgan fingerprint density at radius 2 is 1.84 bits per heavy atom. The number of likely N-dealkylation sites (tertiary alicyclic amines) is 1. The van der Waals surface area contributed by atoms with Crippen LogP contribution in [0.4, 0.5) is 0 Å². The Morgan fingerprint density at radius 3 is 2.47 bits per heavy atom. The molecule has 0 aromatic heterocycles. The Kier molecular flexibility index (Phi) is 3.56. The van der Waals surface area contributed by atoms with E-state index in [0.29, 0.717) is 6.42 Å². The number of nitrogens with two attached hydrogens (primary N) is 1. The molecule has 3 atom stereocenters. The molecule has 0 spiro atoms. The van der Waals surface area contributed by atoms with Gasteiger partial charge in [0.1, 0.15) is 0 Å². The summed E-state index contributed by atoms with van der Waals surface area (Å²) in [6.07, 6.45) is 4.57. The number of hydrogen-bond donors (Lipinski definition) is 1. The number of amides is 1. The molecular weight excluding hydrogens is 236 g/mol. The smallest absolute Gasteiger partial charge is 0.239 e. The van der Waals surface area contributed by atoms with Gasteiger partial charge >= 0.3 is 0 Å². The van der Waals surface area contributed by atoms with E-state index in [9.17, 15) is 4.79 Å². The van der Waals surface area contributed by atoms with Gasteiger partial charge in [-0.2, -0.15) is 0 Å². The number of hydrogen-bond acceptors (Lipinski definition) is 2. The summed E-state index contributed by atoms with van der Waals surface area (Å²) in [5, 5.41) is 0. The number of benzene rings is 1. The Bertz CT molecular complexity index is 433.